The van der Waals surface area contributed by atoms with E-state index in [1.807, 2.05) is 26.0 Å². The van der Waals surface area contributed by atoms with Crippen molar-refractivity contribution in [3.05, 3.63) is 27.7 Å². The molecule has 1 aliphatic rings. The average Bonchev–Trinajstić information content (AvgIpc) is 2.78. The largest absolute Gasteiger partial charge is 0.326 e. The summed E-state index contributed by atoms with van der Waals surface area (Å²) < 4.78 is 1.11. The quantitative estimate of drug-likeness (QED) is 0.877. The summed E-state index contributed by atoms with van der Waals surface area (Å²) in [6, 6.07) is 4.34. The maximum absolute atomic E-state index is 11.9. The molecule has 5 heteroatoms. The van der Waals surface area contributed by atoms with Crippen molar-refractivity contribution in [1.29, 1.82) is 0 Å². The first-order valence-electron chi connectivity index (χ1n) is 6.36. The Bertz CT molecular complexity index is 436. The molecule has 1 atom stereocenters. The summed E-state index contributed by atoms with van der Waals surface area (Å²) in [5.41, 5.74) is 3.17. The summed E-state index contributed by atoms with van der Waals surface area (Å²) in [5.74, 6) is 0.0931. The number of benzene rings is 1. The van der Waals surface area contributed by atoms with Crippen LogP contribution in [0.3, 0.4) is 0 Å². The van der Waals surface area contributed by atoms with Crippen LogP contribution < -0.4 is 10.6 Å². The van der Waals surface area contributed by atoms with Gasteiger partial charge in [-0.25, -0.2) is 0 Å². The van der Waals surface area contributed by atoms with E-state index >= 15 is 0 Å². The third-order valence-electron chi connectivity index (χ3n) is 3.31. The van der Waals surface area contributed by atoms with Crippen LogP contribution in [0.25, 0.3) is 0 Å². The molecule has 0 saturated carbocycles. The van der Waals surface area contributed by atoms with Crippen molar-refractivity contribution in [2.45, 2.75) is 39.2 Å². The molecule has 1 fully saturated rings. The number of amides is 1. The summed E-state index contributed by atoms with van der Waals surface area (Å²) in [6.45, 7) is 5.10. The molecule has 3 nitrogen and oxygen atoms in total. The van der Waals surface area contributed by atoms with Gasteiger partial charge in [-0.3, -0.25) is 4.79 Å². The van der Waals surface area contributed by atoms with Crippen LogP contribution in [-0.2, 0) is 4.79 Å². The van der Waals surface area contributed by atoms with Crippen molar-refractivity contribution >= 4 is 39.9 Å². The van der Waals surface area contributed by atoms with Gasteiger partial charge in [0.15, 0.2) is 0 Å². The van der Waals surface area contributed by atoms with Crippen molar-refractivity contribution in [3.63, 3.8) is 0 Å². The summed E-state index contributed by atoms with van der Waals surface area (Å²) >= 11 is 3.53. The molecule has 1 amide bonds. The zero-order valence-electron chi connectivity index (χ0n) is 11.3. The van der Waals surface area contributed by atoms with Gasteiger partial charge < -0.3 is 10.6 Å². The minimum Gasteiger partial charge on any atom is -0.326 e. The van der Waals surface area contributed by atoms with Crippen LogP contribution in [-0.4, -0.2) is 18.5 Å². The highest BCUT2D eigenvalue weighted by Gasteiger charge is 2.17. The first-order chi connectivity index (χ1) is 8.56. The summed E-state index contributed by atoms with van der Waals surface area (Å²) in [6.07, 6.45) is 2.84. The Hall–Kier alpha value is -0.580. The Morgan fingerprint density at radius 3 is 2.58 bits per heavy atom. The lowest BCUT2D eigenvalue weighted by Crippen LogP contribution is -2.27. The number of rotatable bonds is 3. The minimum absolute atomic E-state index is 0. The predicted molar refractivity (Wildman–Crippen MR) is 85.1 cm³/mol. The zero-order chi connectivity index (χ0) is 13.1. The molecule has 2 rings (SSSR count). The molecular formula is C14H20BrClN2O. The van der Waals surface area contributed by atoms with Crippen LogP contribution in [0.15, 0.2) is 16.6 Å². The smallest absolute Gasteiger partial charge is 0.225 e. The fraction of sp³-hybridized carbons (Fsp3) is 0.500. The molecular weight excluding hydrogens is 328 g/mol. The molecule has 1 aromatic carbocycles. The predicted octanol–water partition coefficient (Wildman–Crippen LogP) is 3.57. The lowest BCUT2D eigenvalue weighted by molar-refractivity contribution is -0.116. The SMILES string of the molecule is Cc1cc(NC(=O)CC2CCCN2)cc(C)c1Br.Cl. The van der Waals surface area contributed by atoms with Gasteiger partial charge in [0.2, 0.25) is 5.91 Å². The van der Waals surface area contributed by atoms with E-state index in [0.717, 1.165) is 34.3 Å². The van der Waals surface area contributed by atoms with Gasteiger partial charge in [-0.15, -0.1) is 12.4 Å². The minimum atomic E-state index is 0. The highest BCUT2D eigenvalue weighted by Crippen LogP contribution is 2.25. The number of aryl methyl sites for hydroxylation is 2. The number of halogens is 2. The molecule has 1 saturated heterocycles. The van der Waals surface area contributed by atoms with Crippen molar-refractivity contribution in [2.75, 3.05) is 11.9 Å². The normalized spacial score (nSPS) is 17.9. The maximum atomic E-state index is 11.9. The molecule has 0 aromatic heterocycles. The van der Waals surface area contributed by atoms with Gasteiger partial charge >= 0.3 is 0 Å². The second-order valence-corrected chi connectivity index (χ2v) is 5.76. The molecule has 19 heavy (non-hydrogen) atoms. The van der Waals surface area contributed by atoms with E-state index in [-0.39, 0.29) is 18.3 Å². The number of carbonyl (C=O) groups is 1. The van der Waals surface area contributed by atoms with Gasteiger partial charge in [0.05, 0.1) is 0 Å². The summed E-state index contributed by atoms with van der Waals surface area (Å²) in [4.78, 5) is 11.9. The van der Waals surface area contributed by atoms with Gasteiger partial charge in [-0.05, 0) is 56.5 Å². The van der Waals surface area contributed by atoms with E-state index in [1.165, 1.54) is 6.42 Å². The fourth-order valence-electron chi connectivity index (χ4n) is 2.38. The number of nitrogens with one attached hydrogen (secondary N) is 2. The van der Waals surface area contributed by atoms with Crippen LogP contribution in [0.5, 0.6) is 0 Å². The average molecular weight is 348 g/mol. The highest BCUT2D eigenvalue weighted by atomic mass is 79.9. The Morgan fingerprint density at radius 1 is 1.42 bits per heavy atom. The van der Waals surface area contributed by atoms with Crippen LogP contribution in [0.1, 0.15) is 30.4 Å². The fourth-order valence-corrected chi connectivity index (χ4v) is 2.61. The Labute approximate surface area is 129 Å². The summed E-state index contributed by atoms with van der Waals surface area (Å²) in [7, 11) is 0. The van der Waals surface area contributed by atoms with E-state index in [1.54, 1.807) is 0 Å². The van der Waals surface area contributed by atoms with Gasteiger partial charge in [-0.2, -0.15) is 0 Å². The Balaban J connectivity index is 0.00000180. The number of carbonyl (C=O) groups excluding carboxylic acids is 1. The molecule has 0 spiro atoms. The van der Waals surface area contributed by atoms with Gasteiger partial charge in [0.25, 0.3) is 0 Å². The molecule has 1 aliphatic heterocycles. The topological polar surface area (TPSA) is 41.1 Å². The van der Waals surface area contributed by atoms with Crippen molar-refractivity contribution < 1.29 is 4.79 Å². The van der Waals surface area contributed by atoms with Crippen molar-refractivity contribution in [1.82, 2.24) is 5.32 Å². The van der Waals surface area contributed by atoms with Gasteiger partial charge in [0.1, 0.15) is 0 Å². The van der Waals surface area contributed by atoms with E-state index in [2.05, 4.69) is 26.6 Å². The van der Waals surface area contributed by atoms with Crippen LogP contribution >= 0.6 is 28.3 Å². The first-order valence-corrected chi connectivity index (χ1v) is 7.15. The molecule has 1 heterocycles. The van der Waals surface area contributed by atoms with Crippen LogP contribution in [0, 0.1) is 13.8 Å². The third-order valence-corrected chi connectivity index (χ3v) is 4.57. The monoisotopic (exact) mass is 346 g/mol. The highest BCUT2D eigenvalue weighted by molar-refractivity contribution is 9.10. The van der Waals surface area contributed by atoms with Crippen molar-refractivity contribution in [2.24, 2.45) is 0 Å². The zero-order valence-corrected chi connectivity index (χ0v) is 13.7. The van der Waals surface area contributed by atoms with Gasteiger partial charge in [-0.1, -0.05) is 15.9 Å². The molecule has 106 valence electrons. The van der Waals surface area contributed by atoms with Crippen LogP contribution in [0.2, 0.25) is 0 Å². The lowest BCUT2D eigenvalue weighted by Gasteiger charge is -2.12. The number of anilines is 1. The third kappa shape index (κ3) is 4.48. The number of hydrogen-bond acceptors (Lipinski definition) is 2. The second kappa shape index (κ2) is 7.27. The standard InChI is InChI=1S/C14H19BrN2O.ClH/c1-9-6-12(7-10(2)14(9)15)17-13(18)8-11-4-3-5-16-11;/h6-7,11,16H,3-5,8H2,1-2H3,(H,17,18);1H. The molecule has 2 N–H and O–H groups in total. The molecule has 1 unspecified atom stereocenters. The van der Waals surface area contributed by atoms with E-state index < -0.39 is 0 Å². The second-order valence-electron chi connectivity index (χ2n) is 4.97. The molecule has 1 aromatic rings. The Kier molecular flexibility index (Phi) is 6.30. The maximum Gasteiger partial charge on any atom is 0.225 e. The van der Waals surface area contributed by atoms with Gasteiger partial charge in [0, 0.05) is 22.6 Å². The number of hydrogen-bond donors (Lipinski definition) is 2. The Morgan fingerprint density at radius 2 is 2.05 bits per heavy atom. The van der Waals surface area contributed by atoms with E-state index in [0.29, 0.717) is 12.5 Å². The first kappa shape index (κ1) is 16.5. The lowest BCUT2D eigenvalue weighted by atomic mass is 10.1. The van der Waals surface area contributed by atoms with Crippen molar-refractivity contribution in [3.8, 4) is 0 Å². The van der Waals surface area contributed by atoms with E-state index in [4.69, 9.17) is 0 Å². The summed E-state index contributed by atoms with van der Waals surface area (Å²) in [5, 5.41) is 6.31. The van der Waals surface area contributed by atoms with E-state index in [9.17, 15) is 4.79 Å². The molecule has 0 bridgehead atoms. The van der Waals surface area contributed by atoms with Crippen LogP contribution in [0.4, 0.5) is 5.69 Å². The molecule has 0 aliphatic carbocycles. The molecule has 0 radical (unpaired) electrons.